The van der Waals surface area contributed by atoms with Gasteiger partial charge in [-0.2, -0.15) is 0 Å². The van der Waals surface area contributed by atoms with E-state index < -0.39 is 11.5 Å². The first-order valence-corrected chi connectivity index (χ1v) is 10.1. The molecule has 1 aliphatic rings. The summed E-state index contributed by atoms with van der Waals surface area (Å²) in [5.74, 6) is -0.337. The van der Waals surface area contributed by atoms with E-state index in [0.29, 0.717) is 34.7 Å². The van der Waals surface area contributed by atoms with Gasteiger partial charge in [0.2, 0.25) is 0 Å². The van der Waals surface area contributed by atoms with Crippen LogP contribution in [0.2, 0.25) is 0 Å². The minimum Gasteiger partial charge on any atom is -0.469 e. The molecule has 1 atom stereocenters. The van der Waals surface area contributed by atoms with E-state index in [4.69, 9.17) is 4.42 Å². The quantitative estimate of drug-likeness (QED) is 0.569. The molecule has 2 heterocycles. The lowest BCUT2D eigenvalue weighted by Gasteiger charge is -2.23. The Hall–Kier alpha value is -2.70. The molecule has 6 heteroatoms. The molecule has 0 unspecified atom stereocenters. The maximum atomic E-state index is 13.4. The molecule has 1 aliphatic heterocycles. The molecule has 0 aliphatic carbocycles. The number of nitrogens with zero attached hydrogens (tertiary/aromatic N) is 1. The number of hydrogen-bond acceptors (Lipinski definition) is 4. The van der Waals surface area contributed by atoms with Gasteiger partial charge in [0.05, 0.1) is 30.5 Å². The average molecular weight is 454 g/mol. The van der Waals surface area contributed by atoms with E-state index in [2.05, 4.69) is 15.9 Å². The van der Waals surface area contributed by atoms with Crippen molar-refractivity contribution in [1.29, 1.82) is 0 Å². The highest BCUT2D eigenvalue weighted by atomic mass is 79.9. The smallest absolute Gasteiger partial charge is 0.264 e. The fourth-order valence-corrected chi connectivity index (χ4v) is 4.29. The van der Waals surface area contributed by atoms with Crippen molar-refractivity contribution in [3.63, 3.8) is 0 Å². The van der Waals surface area contributed by atoms with Crippen molar-refractivity contribution < 1.29 is 19.1 Å². The molecule has 0 spiro atoms. The molecular weight excluding hydrogens is 434 g/mol. The molecular formula is C23H20BrNO4. The zero-order chi connectivity index (χ0) is 20.8. The van der Waals surface area contributed by atoms with Gasteiger partial charge in [-0.3, -0.25) is 9.59 Å². The summed E-state index contributed by atoms with van der Waals surface area (Å²) in [5.41, 5.74) is 1.16. The SMILES string of the molecule is Cc1coc(C)c1C(=O)C[C@@]1(O)C(=O)N(Cc2ccccc2)c2ccc(Br)cc21. The maximum Gasteiger partial charge on any atom is 0.264 e. The number of hydrogen-bond donors (Lipinski definition) is 1. The van der Waals surface area contributed by atoms with Crippen molar-refractivity contribution in [1.82, 2.24) is 0 Å². The number of Topliss-reactive ketones (excluding diaryl/α,β-unsaturated/α-hetero) is 1. The van der Waals surface area contributed by atoms with Crippen LogP contribution in [-0.2, 0) is 16.9 Å². The van der Waals surface area contributed by atoms with E-state index in [0.717, 1.165) is 10.0 Å². The lowest BCUT2D eigenvalue weighted by Crippen LogP contribution is -2.41. The normalized spacial score (nSPS) is 18.2. The number of benzene rings is 2. The maximum absolute atomic E-state index is 13.4. The van der Waals surface area contributed by atoms with E-state index >= 15 is 0 Å². The van der Waals surface area contributed by atoms with Crippen LogP contribution in [0, 0.1) is 13.8 Å². The van der Waals surface area contributed by atoms with Crippen molar-refractivity contribution in [2.75, 3.05) is 4.90 Å². The number of rotatable bonds is 5. The number of anilines is 1. The molecule has 0 bridgehead atoms. The van der Waals surface area contributed by atoms with Crippen LogP contribution >= 0.6 is 15.9 Å². The van der Waals surface area contributed by atoms with E-state index in [1.54, 1.807) is 30.9 Å². The molecule has 2 aromatic carbocycles. The largest absolute Gasteiger partial charge is 0.469 e. The summed E-state index contributed by atoms with van der Waals surface area (Å²) in [6, 6.07) is 14.9. The van der Waals surface area contributed by atoms with Gasteiger partial charge in [0, 0.05) is 10.0 Å². The summed E-state index contributed by atoms with van der Waals surface area (Å²) in [6.45, 7) is 3.79. The second-order valence-electron chi connectivity index (χ2n) is 7.35. The number of amides is 1. The van der Waals surface area contributed by atoms with E-state index in [-0.39, 0.29) is 12.2 Å². The number of carbonyl (C=O) groups excluding carboxylic acids is 2. The molecule has 1 amide bonds. The molecule has 0 radical (unpaired) electrons. The number of fused-ring (bicyclic) bond motifs is 1. The standard InChI is InChI=1S/C23H20BrNO4/c1-14-13-29-15(2)21(14)20(26)11-23(28)18-10-17(24)8-9-19(18)25(22(23)27)12-16-6-4-3-5-7-16/h3-10,13,28H,11-12H2,1-2H3/t23-/m0/s1. The zero-order valence-corrected chi connectivity index (χ0v) is 17.7. The van der Waals surface area contributed by atoms with Crippen LogP contribution in [0.15, 0.2) is 63.7 Å². The molecule has 0 saturated heterocycles. The summed E-state index contributed by atoms with van der Waals surface area (Å²) in [5, 5.41) is 11.5. The predicted octanol–water partition coefficient (Wildman–Crippen LogP) is 4.67. The Morgan fingerprint density at radius 2 is 1.90 bits per heavy atom. The van der Waals surface area contributed by atoms with Crippen LogP contribution in [0.25, 0.3) is 0 Å². The van der Waals surface area contributed by atoms with Crippen LogP contribution in [0.3, 0.4) is 0 Å². The second-order valence-corrected chi connectivity index (χ2v) is 8.26. The van der Waals surface area contributed by atoms with Gasteiger partial charge in [-0.05, 0) is 43.2 Å². The van der Waals surface area contributed by atoms with Gasteiger partial charge in [-0.1, -0.05) is 46.3 Å². The van der Waals surface area contributed by atoms with Crippen molar-refractivity contribution in [2.24, 2.45) is 0 Å². The molecule has 29 heavy (non-hydrogen) atoms. The Bertz CT molecular complexity index is 1090. The van der Waals surface area contributed by atoms with Crippen LogP contribution in [0.4, 0.5) is 5.69 Å². The predicted molar refractivity (Wildman–Crippen MR) is 113 cm³/mol. The van der Waals surface area contributed by atoms with Crippen molar-refractivity contribution in [2.45, 2.75) is 32.4 Å². The highest BCUT2D eigenvalue weighted by molar-refractivity contribution is 9.10. The molecule has 1 N–H and O–H groups in total. The summed E-state index contributed by atoms with van der Waals surface area (Å²) in [6.07, 6.45) is 1.16. The first kappa shape index (κ1) is 19.6. The number of furan rings is 1. The van der Waals surface area contributed by atoms with Crippen molar-refractivity contribution in [3.8, 4) is 0 Å². The van der Waals surface area contributed by atoms with Crippen LogP contribution in [0.1, 0.15) is 39.2 Å². The molecule has 4 rings (SSSR count). The summed E-state index contributed by atoms with van der Waals surface area (Å²) in [4.78, 5) is 27.9. The topological polar surface area (TPSA) is 70.7 Å². The number of halogens is 1. The fraction of sp³-hybridized carbons (Fsp3) is 0.217. The van der Waals surface area contributed by atoms with Crippen molar-refractivity contribution in [3.05, 3.63) is 87.3 Å². The fourth-order valence-electron chi connectivity index (χ4n) is 3.93. The van der Waals surface area contributed by atoms with Gasteiger partial charge >= 0.3 is 0 Å². The summed E-state index contributed by atoms with van der Waals surface area (Å²) < 4.78 is 6.05. The Balaban J connectivity index is 1.74. The van der Waals surface area contributed by atoms with Crippen LogP contribution in [0.5, 0.6) is 0 Å². The number of aryl methyl sites for hydroxylation is 2. The number of aliphatic hydroxyl groups is 1. The van der Waals surface area contributed by atoms with Crippen LogP contribution in [-0.4, -0.2) is 16.8 Å². The number of carbonyl (C=O) groups is 2. The van der Waals surface area contributed by atoms with E-state index in [1.165, 1.54) is 6.26 Å². The lowest BCUT2D eigenvalue weighted by molar-refractivity contribution is -0.136. The highest BCUT2D eigenvalue weighted by Gasteiger charge is 2.51. The van der Waals surface area contributed by atoms with Gasteiger partial charge in [-0.15, -0.1) is 0 Å². The Labute approximate surface area is 177 Å². The van der Waals surface area contributed by atoms with Gasteiger partial charge in [0.15, 0.2) is 11.4 Å². The summed E-state index contributed by atoms with van der Waals surface area (Å²) in [7, 11) is 0. The highest BCUT2D eigenvalue weighted by Crippen LogP contribution is 2.45. The van der Waals surface area contributed by atoms with Gasteiger partial charge in [-0.25, -0.2) is 0 Å². The molecule has 1 aromatic heterocycles. The minimum absolute atomic E-state index is 0.314. The molecule has 0 saturated carbocycles. The first-order chi connectivity index (χ1) is 13.8. The minimum atomic E-state index is -1.93. The summed E-state index contributed by atoms with van der Waals surface area (Å²) >= 11 is 3.41. The Morgan fingerprint density at radius 3 is 2.55 bits per heavy atom. The molecule has 3 aromatic rings. The average Bonchev–Trinajstić information content (AvgIpc) is 3.13. The first-order valence-electron chi connectivity index (χ1n) is 9.27. The number of ketones is 1. The molecule has 148 valence electrons. The monoisotopic (exact) mass is 453 g/mol. The van der Waals surface area contributed by atoms with E-state index in [1.807, 2.05) is 36.4 Å². The van der Waals surface area contributed by atoms with E-state index in [9.17, 15) is 14.7 Å². The Morgan fingerprint density at radius 1 is 1.17 bits per heavy atom. The van der Waals surface area contributed by atoms with Crippen LogP contribution < -0.4 is 4.90 Å². The van der Waals surface area contributed by atoms with Gasteiger partial charge in [0.1, 0.15) is 5.76 Å². The van der Waals surface area contributed by atoms with Gasteiger partial charge in [0.25, 0.3) is 5.91 Å². The third-order valence-electron chi connectivity index (χ3n) is 5.33. The third-order valence-corrected chi connectivity index (χ3v) is 5.82. The lowest BCUT2D eigenvalue weighted by atomic mass is 9.87. The Kier molecular flexibility index (Phi) is 4.92. The second kappa shape index (κ2) is 7.28. The molecule has 0 fully saturated rings. The molecule has 5 nitrogen and oxygen atoms in total. The zero-order valence-electron chi connectivity index (χ0n) is 16.1. The third kappa shape index (κ3) is 3.32. The van der Waals surface area contributed by atoms with Crippen molar-refractivity contribution >= 4 is 33.3 Å². The van der Waals surface area contributed by atoms with Gasteiger partial charge < -0.3 is 14.4 Å².